The van der Waals surface area contributed by atoms with Crippen LogP contribution in [0.4, 0.5) is 5.82 Å². The number of hydrogen-bond donors (Lipinski definition) is 0. The fourth-order valence-electron chi connectivity index (χ4n) is 1.64. The lowest BCUT2D eigenvalue weighted by Crippen LogP contribution is -2.27. The van der Waals surface area contributed by atoms with Crippen molar-refractivity contribution in [1.29, 1.82) is 0 Å². The number of carbonyl (C=O) groups excluding carboxylic acids is 1. The highest BCUT2D eigenvalue weighted by atomic mass is 79.9. The van der Waals surface area contributed by atoms with Crippen LogP contribution in [-0.4, -0.2) is 31.1 Å². The molecule has 18 heavy (non-hydrogen) atoms. The van der Waals surface area contributed by atoms with Crippen LogP contribution in [0.5, 0.6) is 0 Å². The van der Waals surface area contributed by atoms with Gasteiger partial charge in [0, 0.05) is 23.6 Å². The Kier molecular flexibility index (Phi) is 4.01. The summed E-state index contributed by atoms with van der Waals surface area (Å²) in [5, 5.41) is -0.879. The van der Waals surface area contributed by atoms with Gasteiger partial charge in [0.1, 0.15) is 15.7 Å². The van der Waals surface area contributed by atoms with Crippen molar-refractivity contribution in [2.45, 2.75) is 11.7 Å². The predicted octanol–water partition coefficient (Wildman–Crippen LogP) is 2.28. The lowest BCUT2D eigenvalue weighted by Gasteiger charge is -2.15. The minimum absolute atomic E-state index is 0.0335. The number of halogens is 3. The number of pyridine rings is 1. The average molecular weight is 418 g/mol. The Labute approximate surface area is 125 Å². The van der Waals surface area contributed by atoms with Crippen LogP contribution in [0, 0.1) is 0 Å². The van der Waals surface area contributed by atoms with Gasteiger partial charge in [0.15, 0.2) is 0 Å². The summed E-state index contributed by atoms with van der Waals surface area (Å²) < 4.78 is 23.7. The van der Waals surface area contributed by atoms with Gasteiger partial charge < -0.3 is 0 Å². The number of anilines is 1. The molecule has 0 radical (unpaired) electrons. The molecule has 2 rings (SSSR count). The third kappa shape index (κ3) is 2.87. The van der Waals surface area contributed by atoms with Gasteiger partial charge in [-0.3, -0.25) is 9.69 Å². The fraction of sp³-hybridized carbons (Fsp3) is 0.333. The Morgan fingerprint density at radius 1 is 1.39 bits per heavy atom. The van der Waals surface area contributed by atoms with Gasteiger partial charge in [0.2, 0.25) is 15.0 Å². The van der Waals surface area contributed by atoms with E-state index in [1.165, 1.54) is 4.90 Å². The number of nitrogens with zero attached hydrogens (tertiary/aromatic N) is 2. The first-order valence-electron chi connectivity index (χ1n) is 4.85. The number of rotatable bonds is 2. The van der Waals surface area contributed by atoms with E-state index in [1.807, 2.05) is 0 Å². The average Bonchev–Trinajstić information content (AvgIpc) is 2.64. The predicted molar refractivity (Wildman–Crippen MR) is 75.2 cm³/mol. The Morgan fingerprint density at radius 2 is 2.06 bits per heavy atom. The second-order valence-electron chi connectivity index (χ2n) is 3.75. The molecule has 1 aromatic heterocycles. The zero-order valence-corrected chi connectivity index (χ0v) is 13.6. The van der Waals surface area contributed by atoms with E-state index in [9.17, 15) is 13.2 Å². The molecular weight excluding hydrogens is 411 g/mol. The molecule has 5 nitrogen and oxygen atoms in total. The van der Waals surface area contributed by atoms with Gasteiger partial charge in [-0.25, -0.2) is 13.4 Å². The largest absolute Gasteiger partial charge is 0.295 e. The van der Waals surface area contributed by atoms with Crippen LogP contribution < -0.4 is 4.90 Å². The molecule has 0 bridgehead atoms. The van der Waals surface area contributed by atoms with Gasteiger partial charge in [0.25, 0.3) is 0 Å². The molecule has 0 spiro atoms. The molecule has 1 saturated heterocycles. The van der Waals surface area contributed by atoms with Gasteiger partial charge in [-0.05, 0) is 44.0 Å². The number of aromatic nitrogens is 1. The fourth-order valence-corrected chi connectivity index (χ4v) is 3.20. The molecule has 0 aliphatic carbocycles. The Morgan fingerprint density at radius 3 is 2.56 bits per heavy atom. The molecular formula is C9H7Br2ClN2O3S. The smallest absolute Gasteiger partial charge is 0.237 e. The van der Waals surface area contributed by atoms with Gasteiger partial charge in [-0.2, -0.15) is 0 Å². The molecule has 1 aromatic rings. The molecule has 0 N–H and O–H groups in total. The SMILES string of the molecule is O=C1CC(S(=O)(=O)Cl)CN1c1ccc(Br)c(Br)n1. The number of hydrogen-bond acceptors (Lipinski definition) is 4. The third-order valence-corrected chi connectivity index (χ3v) is 6.20. The maximum atomic E-state index is 11.8. The first-order valence-corrected chi connectivity index (χ1v) is 8.81. The van der Waals surface area contributed by atoms with Gasteiger partial charge in [0.05, 0.1) is 4.47 Å². The monoisotopic (exact) mass is 416 g/mol. The summed E-state index contributed by atoms with van der Waals surface area (Å²) in [7, 11) is 1.54. The molecule has 2 heterocycles. The number of amides is 1. The molecule has 0 aromatic carbocycles. The van der Waals surface area contributed by atoms with E-state index in [1.54, 1.807) is 12.1 Å². The lowest BCUT2D eigenvalue weighted by atomic mass is 10.4. The van der Waals surface area contributed by atoms with Crippen LogP contribution in [-0.2, 0) is 13.8 Å². The van der Waals surface area contributed by atoms with E-state index in [2.05, 4.69) is 36.8 Å². The minimum Gasteiger partial charge on any atom is -0.295 e. The zero-order valence-electron chi connectivity index (χ0n) is 8.81. The second-order valence-corrected chi connectivity index (χ2v) is 8.26. The Hall–Kier alpha value is -0.180. The Balaban J connectivity index is 2.30. The maximum Gasteiger partial charge on any atom is 0.237 e. The Bertz CT molecular complexity index is 608. The van der Waals surface area contributed by atoms with Crippen molar-refractivity contribution < 1.29 is 13.2 Å². The number of carbonyl (C=O) groups is 1. The molecule has 1 aliphatic rings. The van der Waals surface area contributed by atoms with Crippen molar-refractivity contribution in [2.24, 2.45) is 0 Å². The van der Waals surface area contributed by atoms with Crippen LogP contribution in [0.2, 0.25) is 0 Å². The van der Waals surface area contributed by atoms with Crippen LogP contribution in [0.3, 0.4) is 0 Å². The normalized spacial score (nSPS) is 20.5. The van der Waals surface area contributed by atoms with E-state index < -0.39 is 14.3 Å². The van der Waals surface area contributed by atoms with Crippen LogP contribution in [0.1, 0.15) is 6.42 Å². The van der Waals surface area contributed by atoms with E-state index in [0.717, 1.165) is 4.47 Å². The summed E-state index contributed by atoms with van der Waals surface area (Å²) in [5.41, 5.74) is 0. The highest BCUT2D eigenvalue weighted by Gasteiger charge is 2.38. The van der Waals surface area contributed by atoms with E-state index >= 15 is 0 Å². The third-order valence-electron chi connectivity index (χ3n) is 2.55. The zero-order chi connectivity index (χ0) is 13.5. The molecule has 1 unspecified atom stereocenters. The first kappa shape index (κ1) is 14.2. The van der Waals surface area contributed by atoms with Crippen molar-refractivity contribution in [3.05, 3.63) is 21.2 Å². The minimum atomic E-state index is -3.73. The summed E-state index contributed by atoms with van der Waals surface area (Å²) >= 11 is 6.49. The van der Waals surface area contributed by atoms with Crippen LogP contribution in [0.15, 0.2) is 21.2 Å². The van der Waals surface area contributed by atoms with E-state index in [0.29, 0.717) is 10.4 Å². The molecule has 1 amide bonds. The maximum absolute atomic E-state index is 11.8. The summed E-state index contributed by atoms with van der Waals surface area (Å²) in [6.07, 6.45) is -0.110. The van der Waals surface area contributed by atoms with Crippen molar-refractivity contribution in [3.8, 4) is 0 Å². The summed E-state index contributed by atoms with van der Waals surface area (Å²) in [5.74, 6) is 0.101. The molecule has 1 atom stereocenters. The topological polar surface area (TPSA) is 67.3 Å². The highest BCUT2D eigenvalue weighted by molar-refractivity contribution is 9.13. The molecule has 0 saturated carbocycles. The highest BCUT2D eigenvalue weighted by Crippen LogP contribution is 2.29. The van der Waals surface area contributed by atoms with E-state index in [4.69, 9.17) is 10.7 Å². The quantitative estimate of drug-likeness (QED) is 0.546. The first-order chi connectivity index (χ1) is 8.29. The van der Waals surface area contributed by atoms with E-state index in [-0.39, 0.29) is 18.9 Å². The molecule has 98 valence electrons. The molecule has 1 fully saturated rings. The van der Waals surface area contributed by atoms with Crippen LogP contribution >= 0.6 is 42.5 Å². The van der Waals surface area contributed by atoms with Crippen molar-refractivity contribution in [1.82, 2.24) is 4.98 Å². The molecule has 9 heteroatoms. The van der Waals surface area contributed by atoms with Crippen molar-refractivity contribution in [3.63, 3.8) is 0 Å². The van der Waals surface area contributed by atoms with Crippen LogP contribution in [0.25, 0.3) is 0 Å². The summed E-state index contributed by atoms with van der Waals surface area (Å²) in [6.45, 7) is 0.0335. The second kappa shape index (κ2) is 5.07. The molecule has 1 aliphatic heterocycles. The van der Waals surface area contributed by atoms with Gasteiger partial charge in [-0.1, -0.05) is 0 Å². The summed E-state index contributed by atoms with van der Waals surface area (Å²) in [6, 6.07) is 3.36. The standard InChI is InChI=1S/C9H7Br2ClN2O3S/c10-6-1-2-7(13-9(6)11)14-4-5(3-8(14)15)18(12,16)17/h1-2,5H,3-4H2. The van der Waals surface area contributed by atoms with Crippen molar-refractivity contribution >= 4 is 63.3 Å². The lowest BCUT2D eigenvalue weighted by molar-refractivity contribution is -0.117. The summed E-state index contributed by atoms with van der Waals surface area (Å²) in [4.78, 5) is 17.2. The van der Waals surface area contributed by atoms with Crippen molar-refractivity contribution in [2.75, 3.05) is 11.4 Å². The van der Waals surface area contributed by atoms with Gasteiger partial charge >= 0.3 is 0 Å². The van der Waals surface area contributed by atoms with Gasteiger partial charge in [-0.15, -0.1) is 0 Å².